The highest BCUT2D eigenvalue weighted by Gasteiger charge is 2.62. The highest BCUT2D eigenvalue weighted by molar-refractivity contribution is 9.10. The van der Waals surface area contributed by atoms with Crippen molar-refractivity contribution in [1.29, 1.82) is 0 Å². The van der Waals surface area contributed by atoms with Crippen molar-refractivity contribution < 1.29 is 31.9 Å². The van der Waals surface area contributed by atoms with E-state index in [0.717, 1.165) is 6.26 Å². The van der Waals surface area contributed by atoms with E-state index in [1.54, 1.807) is 63.2 Å². The largest absolute Gasteiger partial charge is 0.477 e. The molecule has 1 spiro atoms. The van der Waals surface area contributed by atoms with E-state index in [4.69, 9.17) is 16.3 Å². The number of carbonyl (C=O) groups excluding carboxylic acids is 3. The van der Waals surface area contributed by atoms with E-state index in [-0.39, 0.29) is 30.0 Å². The number of sulfonamides is 1. The van der Waals surface area contributed by atoms with Crippen molar-refractivity contribution in [2.75, 3.05) is 11.6 Å². The average Bonchev–Trinajstić information content (AvgIpc) is 3.24. The van der Waals surface area contributed by atoms with E-state index in [1.807, 2.05) is 4.72 Å². The van der Waals surface area contributed by atoms with Gasteiger partial charge in [0, 0.05) is 33.1 Å². The van der Waals surface area contributed by atoms with Gasteiger partial charge in [0.05, 0.1) is 12.3 Å². The summed E-state index contributed by atoms with van der Waals surface area (Å²) in [4.78, 5) is 41.4. The van der Waals surface area contributed by atoms with Gasteiger partial charge in [0.2, 0.25) is 21.8 Å². The standard InChI is InChI=1S/C32H32BrClFN3O6S/c1-5-31(6-2,29(40)38-45(4,42)43)44-26-12-9-19(34)14-22(26)24-16-27(39)37-28(21-15-20(35)10-7-17(21)3)32(24)23-11-8-18(33)13-25(23)36-30(32)41/h7-15,24,28H,5-6,16H2,1-4H3,(H,36,41)(H,37,39)(H,38,40)/t24-,28+,32?/m1/s1. The molecule has 238 valence electrons. The molecule has 0 saturated carbocycles. The third kappa shape index (κ3) is 5.83. The smallest absolute Gasteiger partial charge is 0.277 e. The van der Waals surface area contributed by atoms with Crippen LogP contribution in [0.1, 0.15) is 67.3 Å². The van der Waals surface area contributed by atoms with Gasteiger partial charge in [0.1, 0.15) is 17.0 Å². The first-order valence-electron chi connectivity index (χ1n) is 14.3. The molecule has 1 fully saturated rings. The maximum absolute atomic E-state index is 14.8. The van der Waals surface area contributed by atoms with E-state index in [1.165, 1.54) is 12.1 Å². The van der Waals surface area contributed by atoms with Gasteiger partial charge < -0.3 is 15.4 Å². The van der Waals surface area contributed by atoms with Crippen LogP contribution in [0.5, 0.6) is 5.75 Å². The van der Waals surface area contributed by atoms with Gasteiger partial charge in [-0.05, 0) is 78.9 Å². The lowest BCUT2D eigenvalue weighted by Gasteiger charge is -2.47. The molecule has 3 aromatic carbocycles. The molecule has 3 N–H and O–H groups in total. The van der Waals surface area contributed by atoms with Gasteiger partial charge in [-0.3, -0.25) is 14.4 Å². The van der Waals surface area contributed by atoms with Gasteiger partial charge in [-0.2, -0.15) is 0 Å². The fraction of sp³-hybridized carbons (Fsp3) is 0.344. The van der Waals surface area contributed by atoms with Crippen LogP contribution < -0.4 is 20.1 Å². The van der Waals surface area contributed by atoms with Crippen LogP contribution in [-0.4, -0.2) is 38.0 Å². The van der Waals surface area contributed by atoms with Crippen molar-refractivity contribution in [3.05, 3.63) is 92.2 Å². The number of nitrogens with one attached hydrogen (secondary N) is 3. The van der Waals surface area contributed by atoms with Crippen LogP contribution in [0.3, 0.4) is 0 Å². The predicted octanol–water partition coefficient (Wildman–Crippen LogP) is 5.80. The van der Waals surface area contributed by atoms with Gasteiger partial charge in [0.15, 0.2) is 5.60 Å². The molecule has 0 aliphatic carbocycles. The molecule has 3 amide bonds. The minimum Gasteiger partial charge on any atom is -0.477 e. The number of piperidine rings is 1. The Morgan fingerprint density at radius 3 is 2.49 bits per heavy atom. The Hall–Kier alpha value is -3.48. The summed E-state index contributed by atoms with van der Waals surface area (Å²) < 4.78 is 48.0. The van der Waals surface area contributed by atoms with Gasteiger partial charge in [-0.25, -0.2) is 17.5 Å². The fourth-order valence-electron chi connectivity index (χ4n) is 6.56. The normalized spacial score (nSPS) is 21.2. The zero-order valence-electron chi connectivity index (χ0n) is 25.0. The molecule has 1 unspecified atom stereocenters. The fourth-order valence-corrected chi connectivity index (χ4v) is 7.63. The molecule has 0 radical (unpaired) electrons. The maximum Gasteiger partial charge on any atom is 0.277 e. The topological polar surface area (TPSA) is 131 Å². The number of benzene rings is 3. The highest BCUT2D eigenvalue weighted by atomic mass is 79.9. The van der Waals surface area contributed by atoms with E-state index in [0.29, 0.717) is 32.4 Å². The molecule has 9 nitrogen and oxygen atoms in total. The van der Waals surface area contributed by atoms with E-state index in [2.05, 4.69) is 26.6 Å². The summed E-state index contributed by atoms with van der Waals surface area (Å²) in [7, 11) is -3.91. The quantitative estimate of drug-likeness (QED) is 0.270. The van der Waals surface area contributed by atoms with Crippen LogP contribution in [-0.2, 0) is 29.8 Å². The molecule has 2 aliphatic rings. The van der Waals surface area contributed by atoms with Crippen molar-refractivity contribution in [3.8, 4) is 5.75 Å². The summed E-state index contributed by atoms with van der Waals surface area (Å²) in [6.45, 7) is 5.16. The first-order valence-corrected chi connectivity index (χ1v) is 17.4. The maximum atomic E-state index is 14.8. The molecule has 1 saturated heterocycles. The number of rotatable bonds is 8. The third-order valence-electron chi connectivity index (χ3n) is 8.79. The summed E-state index contributed by atoms with van der Waals surface area (Å²) in [6, 6.07) is 13.2. The average molecular weight is 721 g/mol. The summed E-state index contributed by atoms with van der Waals surface area (Å²) >= 11 is 10.0. The monoisotopic (exact) mass is 719 g/mol. The number of amides is 3. The molecular formula is C32H32BrClFN3O6S. The molecule has 2 aliphatic heterocycles. The lowest BCUT2D eigenvalue weighted by molar-refractivity contribution is -0.136. The number of ether oxygens (including phenoxy) is 1. The Morgan fingerprint density at radius 2 is 1.82 bits per heavy atom. The second kappa shape index (κ2) is 12.0. The molecular weight excluding hydrogens is 689 g/mol. The van der Waals surface area contributed by atoms with Gasteiger partial charge in [-0.15, -0.1) is 0 Å². The SMILES string of the molecule is CCC(CC)(Oc1ccc(Cl)cc1[C@H]1CC(=O)N[C@@H](c2cc(F)ccc2C)C12C(=O)Nc1cc(Br)ccc12)C(=O)NS(C)(=O)=O. The Labute approximate surface area is 274 Å². The first kappa shape index (κ1) is 32.9. The van der Waals surface area contributed by atoms with Gasteiger partial charge >= 0.3 is 0 Å². The summed E-state index contributed by atoms with van der Waals surface area (Å²) in [5, 5.41) is 6.25. The van der Waals surface area contributed by atoms with Crippen LogP contribution in [0.15, 0.2) is 59.1 Å². The zero-order valence-corrected chi connectivity index (χ0v) is 28.1. The summed E-state index contributed by atoms with van der Waals surface area (Å²) in [5.41, 5.74) is -0.587. The summed E-state index contributed by atoms with van der Waals surface area (Å²) in [6.07, 6.45) is 0.908. The van der Waals surface area contributed by atoms with Crippen LogP contribution in [0.4, 0.5) is 10.1 Å². The molecule has 0 aromatic heterocycles. The number of halogens is 3. The Kier molecular flexibility index (Phi) is 8.80. The Bertz CT molecular complexity index is 1830. The van der Waals surface area contributed by atoms with Gasteiger partial charge in [0.25, 0.3) is 5.91 Å². The van der Waals surface area contributed by atoms with E-state index < -0.39 is 56.5 Å². The lowest BCUT2D eigenvalue weighted by atomic mass is 9.59. The first-order chi connectivity index (χ1) is 21.1. The zero-order chi connectivity index (χ0) is 32.9. The van der Waals surface area contributed by atoms with Crippen molar-refractivity contribution >= 4 is 61.0 Å². The van der Waals surface area contributed by atoms with Crippen molar-refractivity contribution in [1.82, 2.24) is 10.0 Å². The van der Waals surface area contributed by atoms with Crippen molar-refractivity contribution in [2.24, 2.45) is 0 Å². The van der Waals surface area contributed by atoms with E-state index >= 15 is 0 Å². The van der Waals surface area contributed by atoms with Crippen LogP contribution >= 0.6 is 27.5 Å². The predicted molar refractivity (Wildman–Crippen MR) is 172 cm³/mol. The summed E-state index contributed by atoms with van der Waals surface area (Å²) in [5.74, 6) is -2.97. The second-order valence-corrected chi connectivity index (χ2v) is 14.6. The number of hydrogen-bond acceptors (Lipinski definition) is 6. The highest BCUT2D eigenvalue weighted by Crippen LogP contribution is 2.59. The number of hydrogen-bond donors (Lipinski definition) is 3. The Balaban J connectivity index is 1.78. The van der Waals surface area contributed by atoms with E-state index in [9.17, 15) is 27.2 Å². The minimum absolute atomic E-state index is 0.103. The number of carbonyl (C=O) groups is 3. The van der Waals surface area contributed by atoms with Crippen LogP contribution in [0.2, 0.25) is 5.02 Å². The third-order valence-corrected chi connectivity index (χ3v) is 10.1. The van der Waals surface area contributed by atoms with Crippen molar-refractivity contribution in [3.63, 3.8) is 0 Å². The molecule has 3 atom stereocenters. The number of anilines is 1. The lowest BCUT2D eigenvalue weighted by Crippen LogP contribution is -2.57. The van der Waals surface area contributed by atoms with Crippen LogP contribution in [0, 0.1) is 12.7 Å². The minimum atomic E-state index is -3.91. The van der Waals surface area contributed by atoms with Crippen LogP contribution in [0.25, 0.3) is 0 Å². The second-order valence-electron chi connectivity index (χ2n) is 11.5. The molecule has 0 bridgehead atoms. The van der Waals surface area contributed by atoms with Crippen molar-refractivity contribution in [2.45, 2.75) is 63.0 Å². The molecule has 5 rings (SSSR count). The molecule has 3 aromatic rings. The molecule has 2 heterocycles. The molecule has 13 heteroatoms. The number of aryl methyl sites for hydroxylation is 1. The Morgan fingerprint density at radius 1 is 1.11 bits per heavy atom. The number of fused-ring (bicyclic) bond motifs is 2. The molecule has 45 heavy (non-hydrogen) atoms. The van der Waals surface area contributed by atoms with Gasteiger partial charge in [-0.1, -0.05) is 53.5 Å².